The standard InChI is InChI=1S/C15H22FNO/c1-14(2)6-8-15(17,9-7-14)11-4-5-13(18-3)12(16)10-11/h4-5,10H,6-9,17H2,1-3H3. The third kappa shape index (κ3) is 2.51. The molecular weight excluding hydrogens is 229 g/mol. The second-order valence-electron chi connectivity index (χ2n) is 6.17. The highest BCUT2D eigenvalue weighted by Gasteiger charge is 2.36. The average Bonchev–Trinajstić information content (AvgIpc) is 2.33. The molecule has 0 amide bonds. The maximum absolute atomic E-state index is 13.7. The first-order valence-electron chi connectivity index (χ1n) is 6.49. The molecule has 1 aliphatic carbocycles. The first kappa shape index (κ1) is 13.3. The number of nitrogens with two attached hydrogens (primary N) is 1. The van der Waals surface area contributed by atoms with Gasteiger partial charge in [0.1, 0.15) is 0 Å². The molecule has 1 aromatic carbocycles. The van der Waals surface area contributed by atoms with E-state index >= 15 is 0 Å². The largest absolute Gasteiger partial charge is 0.494 e. The van der Waals surface area contributed by atoms with E-state index < -0.39 is 0 Å². The summed E-state index contributed by atoms with van der Waals surface area (Å²) in [5.41, 5.74) is 7.31. The van der Waals surface area contributed by atoms with Crippen LogP contribution in [0.2, 0.25) is 0 Å². The Morgan fingerprint density at radius 1 is 1.17 bits per heavy atom. The molecule has 0 atom stereocenters. The Labute approximate surface area is 108 Å². The predicted octanol–water partition coefficient (Wildman–Crippen LogP) is 3.59. The maximum Gasteiger partial charge on any atom is 0.165 e. The van der Waals surface area contributed by atoms with E-state index in [9.17, 15) is 4.39 Å². The fourth-order valence-electron chi connectivity index (χ4n) is 2.64. The summed E-state index contributed by atoms with van der Waals surface area (Å²) in [7, 11) is 1.47. The number of rotatable bonds is 2. The van der Waals surface area contributed by atoms with E-state index in [-0.39, 0.29) is 17.1 Å². The van der Waals surface area contributed by atoms with Gasteiger partial charge in [-0.1, -0.05) is 19.9 Å². The number of benzene rings is 1. The van der Waals surface area contributed by atoms with E-state index in [0.29, 0.717) is 5.41 Å². The van der Waals surface area contributed by atoms with Gasteiger partial charge in [-0.05, 0) is 48.8 Å². The highest BCUT2D eigenvalue weighted by atomic mass is 19.1. The van der Waals surface area contributed by atoms with Crippen molar-refractivity contribution in [2.75, 3.05) is 7.11 Å². The summed E-state index contributed by atoms with van der Waals surface area (Å²) in [6.07, 6.45) is 3.98. The number of methoxy groups -OCH3 is 1. The normalized spacial score (nSPS) is 21.6. The van der Waals surface area contributed by atoms with Crippen molar-refractivity contribution in [3.8, 4) is 5.75 Å². The van der Waals surface area contributed by atoms with E-state index in [1.807, 2.05) is 6.07 Å². The predicted molar refractivity (Wildman–Crippen MR) is 71.1 cm³/mol. The van der Waals surface area contributed by atoms with Crippen LogP contribution >= 0.6 is 0 Å². The van der Waals surface area contributed by atoms with Gasteiger partial charge in [-0.3, -0.25) is 0 Å². The second kappa shape index (κ2) is 4.54. The van der Waals surface area contributed by atoms with Crippen LogP contribution in [0.15, 0.2) is 18.2 Å². The Bertz CT molecular complexity index is 432. The van der Waals surface area contributed by atoms with Crippen molar-refractivity contribution in [2.45, 2.75) is 45.1 Å². The maximum atomic E-state index is 13.7. The van der Waals surface area contributed by atoms with Gasteiger partial charge < -0.3 is 10.5 Å². The van der Waals surface area contributed by atoms with Crippen LogP contribution < -0.4 is 10.5 Å². The third-order valence-electron chi connectivity index (χ3n) is 4.22. The Morgan fingerprint density at radius 2 is 1.78 bits per heavy atom. The zero-order valence-corrected chi connectivity index (χ0v) is 11.4. The fraction of sp³-hybridized carbons (Fsp3) is 0.600. The van der Waals surface area contributed by atoms with Crippen LogP contribution in [0.25, 0.3) is 0 Å². The monoisotopic (exact) mass is 251 g/mol. The Morgan fingerprint density at radius 3 is 2.28 bits per heavy atom. The quantitative estimate of drug-likeness (QED) is 0.871. The lowest BCUT2D eigenvalue weighted by Gasteiger charge is -2.41. The van der Waals surface area contributed by atoms with Gasteiger partial charge in [0.2, 0.25) is 0 Å². The highest BCUT2D eigenvalue weighted by Crippen LogP contribution is 2.44. The molecule has 0 bridgehead atoms. The first-order chi connectivity index (χ1) is 8.36. The van der Waals surface area contributed by atoms with Crippen molar-refractivity contribution in [3.05, 3.63) is 29.6 Å². The summed E-state index contributed by atoms with van der Waals surface area (Å²) in [5.74, 6) is -0.0526. The summed E-state index contributed by atoms with van der Waals surface area (Å²) in [6, 6.07) is 5.08. The van der Waals surface area contributed by atoms with Crippen LogP contribution in [0.5, 0.6) is 5.75 Å². The molecule has 2 nitrogen and oxygen atoms in total. The van der Waals surface area contributed by atoms with E-state index in [1.165, 1.54) is 13.2 Å². The molecule has 18 heavy (non-hydrogen) atoms. The number of hydrogen-bond donors (Lipinski definition) is 1. The molecule has 2 N–H and O–H groups in total. The molecule has 1 aliphatic rings. The molecule has 0 aliphatic heterocycles. The third-order valence-corrected chi connectivity index (χ3v) is 4.22. The molecule has 1 saturated carbocycles. The molecule has 2 rings (SSSR count). The van der Waals surface area contributed by atoms with E-state index in [2.05, 4.69) is 13.8 Å². The minimum atomic E-state index is -0.386. The smallest absolute Gasteiger partial charge is 0.165 e. The topological polar surface area (TPSA) is 35.2 Å². The molecule has 100 valence electrons. The van der Waals surface area contributed by atoms with Crippen LogP contribution in [0.4, 0.5) is 4.39 Å². The van der Waals surface area contributed by atoms with Crippen molar-refractivity contribution in [3.63, 3.8) is 0 Å². The van der Waals surface area contributed by atoms with Crippen molar-refractivity contribution >= 4 is 0 Å². The first-order valence-corrected chi connectivity index (χ1v) is 6.49. The molecule has 0 saturated heterocycles. The molecular formula is C15H22FNO. The SMILES string of the molecule is COc1ccc(C2(N)CCC(C)(C)CC2)cc1F. The molecule has 3 heteroatoms. The van der Waals surface area contributed by atoms with Gasteiger partial charge in [0.15, 0.2) is 11.6 Å². The van der Waals surface area contributed by atoms with Crippen LogP contribution in [0.3, 0.4) is 0 Å². The Kier molecular flexibility index (Phi) is 3.37. The van der Waals surface area contributed by atoms with Crippen molar-refractivity contribution in [1.82, 2.24) is 0 Å². The minimum absolute atomic E-state index is 0.276. The van der Waals surface area contributed by atoms with Crippen molar-refractivity contribution in [1.29, 1.82) is 0 Å². The highest BCUT2D eigenvalue weighted by molar-refractivity contribution is 5.33. The Hall–Kier alpha value is -1.09. The van der Waals surface area contributed by atoms with Gasteiger partial charge in [0.05, 0.1) is 7.11 Å². The fourth-order valence-corrected chi connectivity index (χ4v) is 2.64. The Balaban J connectivity index is 2.23. The zero-order chi connectivity index (χ0) is 13.4. The van der Waals surface area contributed by atoms with Crippen molar-refractivity contribution < 1.29 is 9.13 Å². The molecule has 0 heterocycles. The summed E-state index contributed by atoms with van der Waals surface area (Å²) in [6.45, 7) is 4.53. The lowest BCUT2D eigenvalue weighted by molar-refractivity contribution is 0.165. The van der Waals surface area contributed by atoms with E-state index in [1.54, 1.807) is 6.07 Å². The van der Waals surface area contributed by atoms with Gasteiger partial charge in [-0.2, -0.15) is 0 Å². The van der Waals surface area contributed by atoms with Gasteiger partial charge in [0.25, 0.3) is 0 Å². The van der Waals surface area contributed by atoms with E-state index in [0.717, 1.165) is 31.2 Å². The zero-order valence-electron chi connectivity index (χ0n) is 11.4. The van der Waals surface area contributed by atoms with Gasteiger partial charge in [0, 0.05) is 5.54 Å². The van der Waals surface area contributed by atoms with Crippen LogP contribution in [0, 0.1) is 11.2 Å². The number of ether oxygens (including phenoxy) is 1. The molecule has 1 fully saturated rings. The number of hydrogen-bond acceptors (Lipinski definition) is 2. The van der Waals surface area contributed by atoms with Gasteiger partial charge in [-0.15, -0.1) is 0 Å². The lowest BCUT2D eigenvalue weighted by atomic mass is 9.67. The van der Waals surface area contributed by atoms with Crippen LogP contribution in [-0.2, 0) is 5.54 Å². The van der Waals surface area contributed by atoms with Gasteiger partial charge in [-0.25, -0.2) is 4.39 Å². The summed E-state index contributed by atoms with van der Waals surface area (Å²) >= 11 is 0. The molecule has 0 unspecified atom stereocenters. The number of halogens is 1. The lowest BCUT2D eigenvalue weighted by Crippen LogP contribution is -2.42. The van der Waals surface area contributed by atoms with Crippen molar-refractivity contribution in [2.24, 2.45) is 11.1 Å². The van der Waals surface area contributed by atoms with Crippen LogP contribution in [0.1, 0.15) is 45.1 Å². The van der Waals surface area contributed by atoms with E-state index in [4.69, 9.17) is 10.5 Å². The summed E-state index contributed by atoms with van der Waals surface area (Å²) in [4.78, 5) is 0. The van der Waals surface area contributed by atoms with Crippen LogP contribution in [-0.4, -0.2) is 7.11 Å². The molecule has 1 aromatic rings. The minimum Gasteiger partial charge on any atom is -0.494 e. The molecule has 0 spiro atoms. The molecule has 0 aromatic heterocycles. The second-order valence-corrected chi connectivity index (χ2v) is 6.17. The van der Waals surface area contributed by atoms with Gasteiger partial charge >= 0.3 is 0 Å². The summed E-state index contributed by atoms with van der Waals surface area (Å²) in [5, 5.41) is 0. The molecule has 0 radical (unpaired) electrons. The summed E-state index contributed by atoms with van der Waals surface area (Å²) < 4.78 is 18.7. The average molecular weight is 251 g/mol.